The molecule has 0 saturated carbocycles. The summed E-state index contributed by atoms with van der Waals surface area (Å²) in [6, 6.07) is 11.1. The van der Waals surface area contributed by atoms with Gasteiger partial charge in [0, 0.05) is 16.7 Å². The van der Waals surface area contributed by atoms with Crippen LogP contribution in [0, 0.1) is 13.8 Å². The van der Waals surface area contributed by atoms with Crippen molar-refractivity contribution >= 4 is 39.2 Å². The van der Waals surface area contributed by atoms with Gasteiger partial charge in [0.1, 0.15) is 11.6 Å². The molecule has 3 aromatic rings. The number of nitrogens with zero attached hydrogens (tertiary/aromatic N) is 2. The summed E-state index contributed by atoms with van der Waals surface area (Å²) >= 11 is 3.51. The van der Waals surface area contributed by atoms with E-state index in [9.17, 15) is 4.79 Å². The van der Waals surface area contributed by atoms with Gasteiger partial charge in [-0.3, -0.25) is 4.79 Å². The van der Waals surface area contributed by atoms with E-state index in [2.05, 4.69) is 36.7 Å². The first-order valence-electron chi connectivity index (χ1n) is 7.25. The van der Waals surface area contributed by atoms with Gasteiger partial charge in [-0.2, -0.15) is 0 Å². The second-order valence-electron chi connectivity index (χ2n) is 5.32. The Morgan fingerprint density at radius 3 is 2.58 bits per heavy atom. The molecule has 7 heteroatoms. The fourth-order valence-electron chi connectivity index (χ4n) is 2.08. The van der Waals surface area contributed by atoms with Crippen molar-refractivity contribution in [2.24, 2.45) is 0 Å². The highest BCUT2D eigenvalue weighted by Crippen LogP contribution is 2.26. The molecule has 0 atom stereocenters. The summed E-state index contributed by atoms with van der Waals surface area (Å²) in [6.45, 7) is 3.78. The number of rotatable bonds is 4. The van der Waals surface area contributed by atoms with Crippen LogP contribution in [0.15, 0.2) is 51.6 Å². The number of anilines is 3. The van der Waals surface area contributed by atoms with E-state index in [4.69, 9.17) is 4.52 Å². The van der Waals surface area contributed by atoms with E-state index in [1.54, 1.807) is 25.1 Å². The fraction of sp³-hybridized carbons (Fsp3) is 0.118. The molecule has 0 bridgehead atoms. The van der Waals surface area contributed by atoms with Gasteiger partial charge in [-0.05, 0) is 59.6 Å². The smallest absolute Gasteiger partial charge is 0.258 e. The molecule has 0 radical (unpaired) electrons. The van der Waals surface area contributed by atoms with Crippen molar-refractivity contribution in [1.82, 2.24) is 10.1 Å². The van der Waals surface area contributed by atoms with Crippen molar-refractivity contribution in [1.29, 1.82) is 0 Å². The summed E-state index contributed by atoms with van der Waals surface area (Å²) in [5, 5.41) is 9.58. The Morgan fingerprint density at radius 2 is 1.96 bits per heavy atom. The van der Waals surface area contributed by atoms with Crippen molar-refractivity contribution in [3.63, 3.8) is 0 Å². The number of hydrogen-bond acceptors (Lipinski definition) is 5. The number of aryl methyl sites for hydroxylation is 2. The fourth-order valence-corrected chi connectivity index (χ4v) is 2.67. The number of pyridine rings is 1. The van der Waals surface area contributed by atoms with E-state index in [1.807, 2.05) is 25.1 Å². The Balaban J connectivity index is 1.69. The first-order chi connectivity index (χ1) is 11.5. The Hall–Kier alpha value is -2.67. The van der Waals surface area contributed by atoms with E-state index in [0.29, 0.717) is 23.0 Å². The van der Waals surface area contributed by atoms with Crippen LogP contribution >= 0.6 is 15.9 Å². The number of amides is 1. The summed E-state index contributed by atoms with van der Waals surface area (Å²) in [7, 11) is 0. The van der Waals surface area contributed by atoms with Crippen LogP contribution in [-0.4, -0.2) is 16.0 Å². The van der Waals surface area contributed by atoms with Crippen molar-refractivity contribution in [2.75, 3.05) is 10.6 Å². The minimum absolute atomic E-state index is 0.293. The molecule has 2 aromatic heterocycles. The summed E-state index contributed by atoms with van der Waals surface area (Å²) in [5.74, 6) is 1.36. The maximum atomic E-state index is 12.1. The molecule has 122 valence electrons. The third-order valence-electron chi connectivity index (χ3n) is 3.28. The molecule has 0 aliphatic carbocycles. The van der Waals surface area contributed by atoms with Gasteiger partial charge in [-0.1, -0.05) is 11.2 Å². The molecular weight excluding hydrogens is 372 g/mol. The first-order valence-corrected chi connectivity index (χ1v) is 8.04. The lowest BCUT2D eigenvalue weighted by molar-refractivity contribution is 0.102. The molecule has 0 saturated heterocycles. The van der Waals surface area contributed by atoms with Gasteiger partial charge < -0.3 is 15.2 Å². The third kappa shape index (κ3) is 3.80. The van der Waals surface area contributed by atoms with Crippen LogP contribution in [0.3, 0.4) is 0 Å². The zero-order valence-electron chi connectivity index (χ0n) is 13.1. The number of benzene rings is 1. The Morgan fingerprint density at radius 1 is 1.12 bits per heavy atom. The Kier molecular flexibility index (Phi) is 4.61. The van der Waals surface area contributed by atoms with Gasteiger partial charge in [0.25, 0.3) is 5.91 Å². The molecule has 0 fully saturated rings. The van der Waals surface area contributed by atoms with Crippen LogP contribution in [0.25, 0.3) is 0 Å². The molecule has 1 amide bonds. The topological polar surface area (TPSA) is 80.0 Å². The maximum Gasteiger partial charge on any atom is 0.258 e. The molecule has 1 aromatic carbocycles. The predicted octanol–water partition coefficient (Wildman–Crippen LogP) is 4.44. The third-order valence-corrected chi connectivity index (χ3v) is 3.94. The summed E-state index contributed by atoms with van der Waals surface area (Å²) in [6.07, 6.45) is 1.51. The van der Waals surface area contributed by atoms with E-state index in [1.165, 1.54) is 6.20 Å². The highest BCUT2D eigenvalue weighted by molar-refractivity contribution is 9.10. The van der Waals surface area contributed by atoms with Gasteiger partial charge >= 0.3 is 0 Å². The number of carbonyl (C=O) groups excluding carboxylic acids is 1. The molecule has 3 rings (SSSR count). The van der Waals surface area contributed by atoms with Crippen LogP contribution in [0.4, 0.5) is 17.3 Å². The number of hydrogen-bond donors (Lipinski definition) is 2. The van der Waals surface area contributed by atoms with Crippen molar-refractivity contribution in [2.45, 2.75) is 13.8 Å². The van der Waals surface area contributed by atoms with Crippen LogP contribution in [0.1, 0.15) is 21.7 Å². The van der Waals surface area contributed by atoms with Crippen molar-refractivity contribution < 1.29 is 9.32 Å². The zero-order chi connectivity index (χ0) is 17.1. The summed E-state index contributed by atoms with van der Waals surface area (Å²) < 4.78 is 5.86. The number of aromatic nitrogens is 2. The molecule has 6 nitrogen and oxygen atoms in total. The SMILES string of the molecule is Cc1ccc(Nc2ccc(C(=O)Nc3cc(C)on3)cn2)c(Br)c1. The van der Waals surface area contributed by atoms with Gasteiger partial charge in [0.15, 0.2) is 5.82 Å². The van der Waals surface area contributed by atoms with Crippen LogP contribution < -0.4 is 10.6 Å². The molecule has 0 aliphatic heterocycles. The largest absolute Gasteiger partial charge is 0.360 e. The number of halogens is 1. The standard InChI is InChI=1S/C17H15BrN4O2/c1-10-3-5-14(13(18)7-10)20-15-6-4-12(9-19-15)17(23)21-16-8-11(2)24-22-16/h3-9H,1-2H3,(H,19,20)(H,21,22,23). The minimum atomic E-state index is -0.293. The Bertz CT molecular complexity index is 875. The first kappa shape index (κ1) is 16.2. The molecule has 0 spiro atoms. The average molecular weight is 387 g/mol. The van der Waals surface area contributed by atoms with Gasteiger partial charge in [-0.15, -0.1) is 0 Å². The lowest BCUT2D eigenvalue weighted by atomic mass is 10.2. The number of nitrogens with one attached hydrogen (secondary N) is 2. The Labute approximate surface area is 147 Å². The normalized spacial score (nSPS) is 10.5. The second kappa shape index (κ2) is 6.84. The minimum Gasteiger partial charge on any atom is -0.360 e. The van der Waals surface area contributed by atoms with Gasteiger partial charge in [0.2, 0.25) is 0 Å². The molecule has 24 heavy (non-hydrogen) atoms. The summed E-state index contributed by atoms with van der Waals surface area (Å²) in [5.41, 5.74) is 2.50. The highest BCUT2D eigenvalue weighted by atomic mass is 79.9. The van der Waals surface area contributed by atoms with Crippen LogP contribution in [0.2, 0.25) is 0 Å². The van der Waals surface area contributed by atoms with E-state index < -0.39 is 0 Å². The van der Waals surface area contributed by atoms with E-state index in [-0.39, 0.29) is 5.91 Å². The predicted molar refractivity (Wildman–Crippen MR) is 95.6 cm³/mol. The molecule has 2 heterocycles. The molecule has 0 aliphatic rings. The lowest BCUT2D eigenvalue weighted by Gasteiger charge is -2.09. The molecule has 0 unspecified atom stereocenters. The molecule has 2 N–H and O–H groups in total. The van der Waals surface area contributed by atoms with Crippen molar-refractivity contribution in [3.8, 4) is 0 Å². The van der Waals surface area contributed by atoms with Gasteiger partial charge in [-0.25, -0.2) is 4.98 Å². The van der Waals surface area contributed by atoms with Crippen LogP contribution in [-0.2, 0) is 0 Å². The monoisotopic (exact) mass is 386 g/mol. The highest BCUT2D eigenvalue weighted by Gasteiger charge is 2.10. The second-order valence-corrected chi connectivity index (χ2v) is 6.17. The quantitative estimate of drug-likeness (QED) is 0.692. The van der Waals surface area contributed by atoms with Crippen LogP contribution in [0.5, 0.6) is 0 Å². The average Bonchev–Trinajstić information content (AvgIpc) is 2.96. The zero-order valence-corrected chi connectivity index (χ0v) is 14.7. The number of carbonyl (C=O) groups is 1. The summed E-state index contributed by atoms with van der Waals surface area (Å²) in [4.78, 5) is 16.4. The molecular formula is C17H15BrN4O2. The van der Waals surface area contributed by atoms with Gasteiger partial charge in [0.05, 0.1) is 11.3 Å². The lowest BCUT2D eigenvalue weighted by Crippen LogP contribution is -2.12. The van der Waals surface area contributed by atoms with Crippen molar-refractivity contribution in [3.05, 3.63) is 64.0 Å². The maximum absolute atomic E-state index is 12.1. The van der Waals surface area contributed by atoms with E-state index >= 15 is 0 Å². The van der Waals surface area contributed by atoms with E-state index in [0.717, 1.165) is 15.7 Å².